The first-order valence-corrected chi connectivity index (χ1v) is 10.7. The van der Waals surface area contributed by atoms with Crippen LogP contribution in [0.2, 0.25) is 0 Å². The van der Waals surface area contributed by atoms with Crippen LogP contribution < -0.4 is 9.47 Å². The number of ether oxygens (including phenoxy) is 2. The van der Waals surface area contributed by atoms with Gasteiger partial charge in [-0.15, -0.1) is 10.2 Å². The van der Waals surface area contributed by atoms with Crippen molar-refractivity contribution in [2.45, 2.75) is 19.4 Å². The first-order chi connectivity index (χ1) is 17.3. The van der Waals surface area contributed by atoms with Gasteiger partial charge in [-0.1, -0.05) is 66.7 Å². The molecule has 0 bridgehead atoms. The number of hydrogen-bond donors (Lipinski definition) is 0. The molecule has 0 radical (unpaired) electrons. The number of benzene rings is 3. The van der Waals surface area contributed by atoms with E-state index in [1.165, 1.54) is 18.2 Å². The average Bonchev–Trinajstić information content (AvgIpc) is 2.85. The van der Waals surface area contributed by atoms with Crippen LogP contribution in [0.1, 0.15) is 27.9 Å². The van der Waals surface area contributed by atoms with Crippen molar-refractivity contribution >= 4 is 12.2 Å². The Morgan fingerprint density at radius 3 is 1.81 bits per heavy atom. The molecule has 1 aromatic heterocycles. The summed E-state index contributed by atoms with van der Waals surface area (Å²) in [6.45, 7) is 0.434. The Morgan fingerprint density at radius 2 is 1.25 bits per heavy atom. The van der Waals surface area contributed by atoms with Gasteiger partial charge in [-0.2, -0.15) is 13.2 Å². The first-order valence-electron chi connectivity index (χ1n) is 10.7. The fraction of sp³-hybridized carbons (Fsp3) is 0.111. The molecule has 184 valence electrons. The summed E-state index contributed by atoms with van der Waals surface area (Å²) >= 11 is 0. The van der Waals surface area contributed by atoms with E-state index < -0.39 is 23.4 Å². The highest BCUT2D eigenvalue weighted by atomic mass is 19.4. The van der Waals surface area contributed by atoms with Gasteiger partial charge < -0.3 is 9.47 Å². The predicted molar refractivity (Wildman–Crippen MR) is 124 cm³/mol. The summed E-state index contributed by atoms with van der Waals surface area (Å²) in [5, 5.41) is 8.07. The summed E-state index contributed by atoms with van der Waals surface area (Å²) in [5.41, 5.74) is -0.00231. The maximum absolute atomic E-state index is 13.9. The largest absolute Gasteiger partial charge is 0.483 e. The molecule has 0 atom stereocenters. The van der Waals surface area contributed by atoms with Crippen LogP contribution in [0.4, 0.5) is 22.0 Å². The maximum Gasteiger partial charge on any atom is 0.422 e. The maximum atomic E-state index is 13.9. The molecule has 1 heterocycles. The van der Waals surface area contributed by atoms with E-state index in [0.29, 0.717) is 12.1 Å². The van der Waals surface area contributed by atoms with E-state index in [4.69, 9.17) is 9.47 Å². The van der Waals surface area contributed by atoms with Gasteiger partial charge in [0.25, 0.3) is 5.88 Å². The molecule has 4 nitrogen and oxygen atoms in total. The van der Waals surface area contributed by atoms with E-state index in [1.807, 2.05) is 60.7 Å². The number of nitrogens with zero attached hydrogens (tertiary/aromatic N) is 2. The molecule has 3 aromatic carbocycles. The zero-order valence-electron chi connectivity index (χ0n) is 18.7. The smallest absolute Gasteiger partial charge is 0.422 e. The number of hydrogen-bond acceptors (Lipinski definition) is 4. The van der Waals surface area contributed by atoms with Gasteiger partial charge in [0.05, 0.1) is 5.69 Å². The zero-order valence-corrected chi connectivity index (χ0v) is 18.7. The van der Waals surface area contributed by atoms with E-state index in [2.05, 4.69) is 10.2 Å². The number of alkyl halides is 3. The van der Waals surface area contributed by atoms with Crippen molar-refractivity contribution in [1.29, 1.82) is 0 Å². The molecule has 0 aliphatic heterocycles. The van der Waals surface area contributed by atoms with Crippen LogP contribution in [-0.4, -0.2) is 10.2 Å². The second-order valence-electron chi connectivity index (χ2n) is 7.68. The van der Waals surface area contributed by atoms with Gasteiger partial charge in [0.2, 0.25) is 0 Å². The Balaban J connectivity index is 1.57. The summed E-state index contributed by atoms with van der Waals surface area (Å²) in [6.07, 6.45) is -2.56. The topological polar surface area (TPSA) is 44.2 Å². The Kier molecular flexibility index (Phi) is 7.58. The molecule has 0 aliphatic rings. The van der Waals surface area contributed by atoms with E-state index in [-0.39, 0.29) is 36.1 Å². The second-order valence-corrected chi connectivity index (χ2v) is 7.68. The molecular formula is C27H19F5N2O2. The van der Waals surface area contributed by atoms with Gasteiger partial charge >= 0.3 is 6.18 Å². The van der Waals surface area contributed by atoms with Crippen molar-refractivity contribution in [2.24, 2.45) is 0 Å². The van der Waals surface area contributed by atoms with Crippen molar-refractivity contribution in [3.8, 4) is 11.6 Å². The van der Waals surface area contributed by atoms with Crippen LogP contribution in [0.5, 0.6) is 11.6 Å². The SMILES string of the molecule is Fc1cc(/C=C/c2cc(OCc3ccccc3)c(OCc3ccccc3)nn2)cc(F)c1C(F)(F)F. The molecule has 0 spiro atoms. The Labute approximate surface area is 203 Å². The van der Waals surface area contributed by atoms with E-state index in [0.717, 1.165) is 11.1 Å². The van der Waals surface area contributed by atoms with Crippen LogP contribution in [0.3, 0.4) is 0 Å². The van der Waals surface area contributed by atoms with E-state index >= 15 is 0 Å². The van der Waals surface area contributed by atoms with Crippen LogP contribution >= 0.6 is 0 Å². The summed E-state index contributed by atoms with van der Waals surface area (Å²) < 4.78 is 77.8. The minimum absolute atomic E-state index is 0.115. The number of halogens is 5. The normalized spacial score (nSPS) is 11.6. The Morgan fingerprint density at radius 1 is 0.694 bits per heavy atom. The third kappa shape index (κ3) is 6.44. The Hall–Kier alpha value is -4.27. The first kappa shape index (κ1) is 24.8. The lowest BCUT2D eigenvalue weighted by Crippen LogP contribution is -2.11. The summed E-state index contributed by atoms with van der Waals surface area (Å²) in [7, 11) is 0. The standard InChI is InChI=1S/C27H19F5N2O2/c28-22-13-20(14-23(29)25(22)27(30,31)32)11-12-21-15-24(35-16-18-7-3-1-4-8-18)26(34-33-21)36-17-19-9-5-2-6-10-19/h1-15H,16-17H2/b12-11+. The second kappa shape index (κ2) is 11.0. The molecule has 0 unspecified atom stereocenters. The summed E-state index contributed by atoms with van der Waals surface area (Å²) in [4.78, 5) is 0. The van der Waals surface area contributed by atoms with Crippen molar-refractivity contribution in [3.05, 3.63) is 118 Å². The molecule has 4 aromatic rings. The molecule has 0 amide bonds. The molecule has 0 saturated heterocycles. The van der Waals surface area contributed by atoms with Gasteiger partial charge in [0.1, 0.15) is 30.4 Å². The fourth-order valence-electron chi connectivity index (χ4n) is 3.26. The van der Waals surface area contributed by atoms with Gasteiger partial charge in [0.15, 0.2) is 5.75 Å². The highest BCUT2D eigenvalue weighted by Gasteiger charge is 2.37. The molecular weight excluding hydrogens is 479 g/mol. The third-order valence-electron chi connectivity index (χ3n) is 5.00. The van der Waals surface area contributed by atoms with Gasteiger partial charge in [0, 0.05) is 6.07 Å². The van der Waals surface area contributed by atoms with Crippen LogP contribution in [-0.2, 0) is 19.4 Å². The number of rotatable bonds is 8. The van der Waals surface area contributed by atoms with Crippen molar-refractivity contribution in [3.63, 3.8) is 0 Å². The monoisotopic (exact) mass is 498 g/mol. The van der Waals surface area contributed by atoms with Crippen molar-refractivity contribution < 1.29 is 31.4 Å². The minimum atomic E-state index is -5.14. The lowest BCUT2D eigenvalue weighted by Gasteiger charge is -2.12. The van der Waals surface area contributed by atoms with Gasteiger partial charge in [-0.25, -0.2) is 8.78 Å². The average molecular weight is 498 g/mol. The van der Waals surface area contributed by atoms with Crippen molar-refractivity contribution in [1.82, 2.24) is 10.2 Å². The van der Waals surface area contributed by atoms with Crippen LogP contribution in [0, 0.1) is 11.6 Å². The lowest BCUT2D eigenvalue weighted by molar-refractivity contribution is -0.142. The molecule has 9 heteroatoms. The van der Waals surface area contributed by atoms with Crippen LogP contribution in [0.25, 0.3) is 12.2 Å². The molecule has 0 aliphatic carbocycles. The molecule has 0 N–H and O–H groups in total. The quantitative estimate of drug-likeness (QED) is 0.243. The molecule has 0 saturated carbocycles. The molecule has 0 fully saturated rings. The van der Waals surface area contributed by atoms with E-state index in [1.54, 1.807) is 0 Å². The van der Waals surface area contributed by atoms with Crippen molar-refractivity contribution in [2.75, 3.05) is 0 Å². The predicted octanol–water partition coefficient (Wildman–Crippen LogP) is 7.10. The third-order valence-corrected chi connectivity index (χ3v) is 5.00. The Bertz CT molecular complexity index is 1320. The molecule has 4 rings (SSSR count). The fourth-order valence-corrected chi connectivity index (χ4v) is 3.26. The molecule has 36 heavy (non-hydrogen) atoms. The lowest BCUT2D eigenvalue weighted by atomic mass is 10.1. The van der Waals surface area contributed by atoms with Gasteiger partial charge in [-0.3, -0.25) is 0 Å². The highest BCUT2D eigenvalue weighted by molar-refractivity contribution is 5.69. The summed E-state index contributed by atoms with van der Waals surface area (Å²) in [6, 6.07) is 21.5. The van der Waals surface area contributed by atoms with Gasteiger partial charge in [-0.05, 0) is 34.9 Å². The van der Waals surface area contributed by atoms with E-state index in [9.17, 15) is 22.0 Å². The highest BCUT2D eigenvalue weighted by Crippen LogP contribution is 2.34. The minimum Gasteiger partial charge on any atom is -0.483 e. The van der Waals surface area contributed by atoms with Crippen LogP contribution in [0.15, 0.2) is 78.9 Å². The number of aromatic nitrogens is 2. The summed E-state index contributed by atoms with van der Waals surface area (Å²) in [5.74, 6) is -3.00. The zero-order chi connectivity index (χ0) is 25.5.